The van der Waals surface area contributed by atoms with Gasteiger partial charge in [0.2, 0.25) is 0 Å². The Labute approximate surface area is 172 Å². The van der Waals surface area contributed by atoms with Crippen LogP contribution in [-0.2, 0) is 4.74 Å². The van der Waals surface area contributed by atoms with Crippen molar-refractivity contribution < 1.29 is 45.0 Å². The zero-order chi connectivity index (χ0) is 22.8. The highest BCUT2D eigenvalue weighted by Crippen LogP contribution is 2.36. The average Bonchev–Trinajstić information content (AvgIpc) is 3.13. The van der Waals surface area contributed by atoms with Crippen molar-refractivity contribution in [2.45, 2.75) is 31.0 Å². The molecule has 3 rings (SSSR count). The zero-order valence-corrected chi connectivity index (χ0v) is 15.7. The number of amides is 1. The van der Waals surface area contributed by atoms with Crippen molar-refractivity contribution in [2.24, 2.45) is 0 Å². The summed E-state index contributed by atoms with van der Waals surface area (Å²) >= 11 is 0. The molecule has 1 aliphatic rings. The van der Waals surface area contributed by atoms with E-state index in [1.165, 1.54) is 12.1 Å². The third-order valence-corrected chi connectivity index (χ3v) is 4.53. The SMILES string of the molecule is O=C(OC(C(F)(F)F)C(F)(F)F)N1CC[C@@H](Oc2cccc(-c3ccc(F)cc3)c2)C1. The smallest absolute Gasteiger partial charge is 0.434 e. The number of benzene rings is 2. The highest BCUT2D eigenvalue weighted by atomic mass is 19.4. The Kier molecular flexibility index (Phi) is 6.33. The van der Waals surface area contributed by atoms with E-state index in [2.05, 4.69) is 4.74 Å². The quantitative estimate of drug-likeness (QED) is 0.570. The van der Waals surface area contributed by atoms with Crippen LogP contribution in [-0.4, -0.2) is 48.6 Å². The van der Waals surface area contributed by atoms with E-state index in [1.807, 2.05) is 0 Å². The molecule has 0 spiro atoms. The molecule has 2 aromatic rings. The Hall–Kier alpha value is -2.98. The molecule has 31 heavy (non-hydrogen) atoms. The third kappa shape index (κ3) is 5.80. The molecule has 0 aliphatic carbocycles. The summed E-state index contributed by atoms with van der Waals surface area (Å²) < 4.78 is 97.9. The van der Waals surface area contributed by atoms with Crippen LogP contribution in [0, 0.1) is 5.82 Å². The number of nitrogens with zero attached hydrogens (tertiary/aromatic N) is 1. The fourth-order valence-corrected chi connectivity index (χ4v) is 3.07. The van der Waals surface area contributed by atoms with Gasteiger partial charge in [0, 0.05) is 13.0 Å². The molecule has 11 heteroatoms. The predicted octanol–water partition coefficient (Wildman–Crippen LogP) is 5.58. The highest BCUT2D eigenvalue weighted by molar-refractivity contribution is 5.68. The largest absolute Gasteiger partial charge is 0.488 e. The summed E-state index contributed by atoms with van der Waals surface area (Å²) in [7, 11) is 0. The van der Waals surface area contributed by atoms with Crippen molar-refractivity contribution in [3.8, 4) is 16.9 Å². The van der Waals surface area contributed by atoms with Crippen LogP contribution in [0.15, 0.2) is 48.5 Å². The molecule has 0 radical (unpaired) electrons. The van der Waals surface area contributed by atoms with Gasteiger partial charge < -0.3 is 14.4 Å². The Balaban J connectivity index is 1.62. The summed E-state index contributed by atoms with van der Waals surface area (Å²) in [6.07, 6.45) is -17.9. The summed E-state index contributed by atoms with van der Waals surface area (Å²) in [5, 5.41) is 0. The summed E-state index contributed by atoms with van der Waals surface area (Å²) in [5.41, 5.74) is 1.43. The minimum atomic E-state index is -5.77. The topological polar surface area (TPSA) is 38.8 Å². The van der Waals surface area contributed by atoms with Gasteiger partial charge in [-0.3, -0.25) is 0 Å². The molecule has 1 saturated heterocycles. The van der Waals surface area contributed by atoms with Gasteiger partial charge in [-0.2, -0.15) is 26.3 Å². The summed E-state index contributed by atoms with van der Waals surface area (Å²) in [6.45, 7) is -0.356. The van der Waals surface area contributed by atoms with Crippen LogP contribution in [0.1, 0.15) is 6.42 Å². The van der Waals surface area contributed by atoms with Crippen LogP contribution in [0.5, 0.6) is 5.75 Å². The van der Waals surface area contributed by atoms with Crippen molar-refractivity contribution in [1.29, 1.82) is 0 Å². The minimum Gasteiger partial charge on any atom is -0.488 e. The van der Waals surface area contributed by atoms with E-state index in [1.54, 1.807) is 36.4 Å². The molecular formula is C20H16F7NO3. The molecular weight excluding hydrogens is 435 g/mol. The number of carbonyl (C=O) groups is 1. The standard InChI is InChI=1S/C20H16F7NO3/c21-14-6-4-12(5-7-14)13-2-1-3-15(10-13)30-16-8-9-28(11-16)18(29)31-17(19(22,23)24)20(25,26)27/h1-7,10,16-17H,8-9,11H2/t16-/m1/s1. The lowest BCUT2D eigenvalue weighted by Gasteiger charge is -2.25. The van der Waals surface area contributed by atoms with Gasteiger partial charge in [-0.15, -0.1) is 0 Å². The fraction of sp³-hybridized carbons (Fsp3) is 0.350. The predicted molar refractivity (Wildman–Crippen MR) is 94.8 cm³/mol. The molecule has 0 aromatic heterocycles. The van der Waals surface area contributed by atoms with Crippen LogP contribution in [0.3, 0.4) is 0 Å². The lowest BCUT2D eigenvalue weighted by molar-refractivity contribution is -0.308. The first-order valence-electron chi connectivity index (χ1n) is 9.05. The number of hydrogen-bond acceptors (Lipinski definition) is 3. The zero-order valence-electron chi connectivity index (χ0n) is 15.7. The number of carbonyl (C=O) groups excluding carboxylic acids is 1. The Bertz CT molecular complexity index is 898. The number of hydrogen-bond donors (Lipinski definition) is 0. The highest BCUT2D eigenvalue weighted by Gasteiger charge is 2.60. The molecule has 1 atom stereocenters. The van der Waals surface area contributed by atoms with Crippen molar-refractivity contribution in [3.05, 3.63) is 54.3 Å². The van der Waals surface area contributed by atoms with Gasteiger partial charge in [0.15, 0.2) is 0 Å². The minimum absolute atomic E-state index is 0.121. The normalized spacial score (nSPS) is 17.2. The molecule has 0 bridgehead atoms. The molecule has 1 heterocycles. The molecule has 1 fully saturated rings. The number of likely N-dealkylation sites (tertiary alicyclic amines) is 1. The van der Waals surface area contributed by atoms with E-state index in [9.17, 15) is 35.5 Å². The van der Waals surface area contributed by atoms with Crippen LogP contribution in [0.2, 0.25) is 0 Å². The Morgan fingerprint density at radius 1 is 0.968 bits per heavy atom. The lowest BCUT2D eigenvalue weighted by atomic mass is 10.1. The van der Waals surface area contributed by atoms with Crippen LogP contribution >= 0.6 is 0 Å². The number of rotatable bonds is 4. The van der Waals surface area contributed by atoms with Crippen molar-refractivity contribution in [3.63, 3.8) is 0 Å². The Morgan fingerprint density at radius 3 is 2.23 bits per heavy atom. The van der Waals surface area contributed by atoms with Gasteiger partial charge in [-0.25, -0.2) is 9.18 Å². The number of alkyl halides is 6. The van der Waals surface area contributed by atoms with Crippen molar-refractivity contribution in [1.82, 2.24) is 4.90 Å². The second kappa shape index (κ2) is 8.64. The van der Waals surface area contributed by atoms with Gasteiger partial charge in [0.25, 0.3) is 6.10 Å². The maximum atomic E-state index is 13.1. The van der Waals surface area contributed by atoms with Crippen molar-refractivity contribution >= 4 is 6.09 Å². The first-order valence-corrected chi connectivity index (χ1v) is 9.05. The number of halogens is 7. The maximum Gasteiger partial charge on any atom is 0.434 e. The second-order valence-electron chi connectivity index (χ2n) is 6.86. The van der Waals surface area contributed by atoms with Gasteiger partial charge in [-0.05, 0) is 35.4 Å². The second-order valence-corrected chi connectivity index (χ2v) is 6.86. The van der Waals surface area contributed by atoms with Gasteiger partial charge in [0.05, 0.1) is 6.54 Å². The van der Waals surface area contributed by atoms with E-state index >= 15 is 0 Å². The van der Waals surface area contributed by atoms with Gasteiger partial charge in [-0.1, -0.05) is 24.3 Å². The maximum absolute atomic E-state index is 13.1. The molecule has 168 valence electrons. The van der Waals surface area contributed by atoms with E-state index in [-0.39, 0.29) is 19.5 Å². The van der Waals surface area contributed by atoms with Gasteiger partial charge >= 0.3 is 18.4 Å². The van der Waals surface area contributed by atoms with Gasteiger partial charge in [0.1, 0.15) is 17.7 Å². The third-order valence-electron chi connectivity index (χ3n) is 4.53. The number of ether oxygens (including phenoxy) is 2. The summed E-state index contributed by atoms with van der Waals surface area (Å²) in [5.74, 6) is -0.0159. The van der Waals surface area contributed by atoms with E-state index in [0.717, 1.165) is 4.90 Å². The first kappa shape index (κ1) is 22.7. The Morgan fingerprint density at radius 2 is 1.61 bits per heavy atom. The molecule has 1 aliphatic heterocycles. The molecule has 2 aromatic carbocycles. The molecule has 4 nitrogen and oxygen atoms in total. The monoisotopic (exact) mass is 451 g/mol. The van der Waals surface area contributed by atoms with E-state index in [4.69, 9.17) is 4.74 Å². The van der Waals surface area contributed by atoms with E-state index < -0.39 is 36.5 Å². The van der Waals surface area contributed by atoms with Crippen molar-refractivity contribution in [2.75, 3.05) is 13.1 Å². The van der Waals surface area contributed by atoms with Crippen LogP contribution < -0.4 is 4.74 Å². The average molecular weight is 451 g/mol. The molecule has 0 N–H and O–H groups in total. The summed E-state index contributed by atoms with van der Waals surface area (Å²) in [4.78, 5) is 12.6. The molecule has 0 saturated carbocycles. The molecule has 1 amide bonds. The first-order chi connectivity index (χ1) is 14.4. The van der Waals surface area contributed by atoms with E-state index in [0.29, 0.717) is 16.9 Å². The fourth-order valence-electron chi connectivity index (χ4n) is 3.07. The van der Waals surface area contributed by atoms with Crippen LogP contribution in [0.25, 0.3) is 11.1 Å². The lowest BCUT2D eigenvalue weighted by Crippen LogP contribution is -2.48. The van der Waals surface area contributed by atoms with Crippen LogP contribution in [0.4, 0.5) is 35.5 Å². The molecule has 0 unspecified atom stereocenters. The summed E-state index contributed by atoms with van der Waals surface area (Å²) in [6, 6.07) is 12.4.